The molecular weight excluding hydrogens is 488 g/mol. The lowest BCUT2D eigenvalue weighted by atomic mass is 9.90. The average molecular weight is 521 g/mol. The molecule has 0 radical (unpaired) electrons. The lowest BCUT2D eigenvalue weighted by Crippen LogP contribution is -2.39. The number of benzene rings is 1. The van der Waals surface area contributed by atoms with Crippen LogP contribution in [-0.4, -0.2) is 39.3 Å². The number of aromatic nitrogens is 1. The number of thiocarbonyl (C=S) groups is 1. The molecule has 0 spiro atoms. The van der Waals surface area contributed by atoms with Crippen LogP contribution in [0.4, 0.5) is 5.82 Å². The first kappa shape index (κ1) is 26.2. The zero-order valence-corrected chi connectivity index (χ0v) is 22.8. The first-order chi connectivity index (χ1) is 17.3. The van der Waals surface area contributed by atoms with Gasteiger partial charge in [0.2, 0.25) is 0 Å². The summed E-state index contributed by atoms with van der Waals surface area (Å²) in [7, 11) is 1.72. The van der Waals surface area contributed by atoms with Crippen LogP contribution in [-0.2, 0) is 18.3 Å². The molecule has 0 bridgehead atoms. The van der Waals surface area contributed by atoms with Crippen molar-refractivity contribution in [1.82, 2.24) is 9.47 Å². The van der Waals surface area contributed by atoms with Crippen LogP contribution in [0, 0.1) is 24.2 Å². The molecule has 8 heteroatoms. The second-order valence-electron chi connectivity index (χ2n) is 9.52. The largest absolute Gasteiger partial charge is 0.357 e. The van der Waals surface area contributed by atoms with Crippen molar-refractivity contribution in [2.75, 3.05) is 24.5 Å². The Morgan fingerprint density at radius 1 is 1.19 bits per heavy atom. The Labute approximate surface area is 222 Å². The number of rotatable bonds is 7. The van der Waals surface area contributed by atoms with Crippen molar-refractivity contribution in [3.63, 3.8) is 0 Å². The van der Waals surface area contributed by atoms with Gasteiger partial charge in [0, 0.05) is 32.2 Å². The molecule has 0 N–H and O–H groups in total. The van der Waals surface area contributed by atoms with E-state index in [1.807, 2.05) is 12.1 Å². The highest BCUT2D eigenvalue weighted by Crippen LogP contribution is 2.36. The fourth-order valence-corrected chi connectivity index (χ4v) is 6.32. The fraction of sp³-hybridized carbons (Fsp3) is 0.429. The summed E-state index contributed by atoms with van der Waals surface area (Å²) in [4.78, 5) is 30.6. The topological polar surface area (TPSA) is 69.3 Å². The molecule has 2 saturated heterocycles. The van der Waals surface area contributed by atoms with Gasteiger partial charge >= 0.3 is 0 Å². The third-order valence-corrected chi connectivity index (χ3v) is 8.51. The Bertz CT molecular complexity index is 1290. The summed E-state index contributed by atoms with van der Waals surface area (Å²) in [6, 6.07) is 12.6. The molecule has 1 aromatic heterocycles. The molecule has 0 saturated carbocycles. The number of carbonyl (C=O) groups excluding carboxylic acids is 1. The molecule has 0 aliphatic carbocycles. The van der Waals surface area contributed by atoms with Gasteiger partial charge in [-0.3, -0.25) is 19.1 Å². The number of amides is 1. The second-order valence-corrected chi connectivity index (χ2v) is 11.2. The number of nitriles is 1. The Morgan fingerprint density at radius 3 is 2.53 bits per heavy atom. The van der Waals surface area contributed by atoms with E-state index in [0.29, 0.717) is 27.3 Å². The van der Waals surface area contributed by atoms with Crippen LogP contribution in [0.3, 0.4) is 0 Å². The molecule has 2 aromatic rings. The highest BCUT2D eigenvalue weighted by atomic mass is 32.2. The monoisotopic (exact) mass is 520 g/mol. The predicted octanol–water partition coefficient (Wildman–Crippen LogP) is 5.03. The molecular formula is C28H32N4O2S2. The van der Waals surface area contributed by atoms with Crippen molar-refractivity contribution in [3.8, 4) is 6.07 Å². The van der Waals surface area contributed by atoms with E-state index in [1.54, 1.807) is 23.4 Å². The van der Waals surface area contributed by atoms with Crippen molar-refractivity contribution in [1.29, 1.82) is 5.26 Å². The van der Waals surface area contributed by atoms with Gasteiger partial charge < -0.3 is 4.90 Å². The van der Waals surface area contributed by atoms with Gasteiger partial charge in [-0.05, 0) is 55.7 Å². The van der Waals surface area contributed by atoms with Gasteiger partial charge in [-0.1, -0.05) is 67.7 Å². The number of carbonyl (C=O) groups is 1. The minimum Gasteiger partial charge on any atom is -0.357 e. The van der Waals surface area contributed by atoms with Crippen molar-refractivity contribution >= 4 is 46.1 Å². The zero-order chi connectivity index (χ0) is 25.8. The molecule has 6 nitrogen and oxygen atoms in total. The summed E-state index contributed by atoms with van der Waals surface area (Å²) in [5, 5.41) is 9.72. The highest BCUT2D eigenvalue weighted by molar-refractivity contribution is 8.26. The van der Waals surface area contributed by atoms with Crippen LogP contribution in [0.2, 0.25) is 0 Å². The van der Waals surface area contributed by atoms with Gasteiger partial charge in [0.15, 0.2) is 0 Å². The van der Waals surface area contributed by atoms with Crippen molar-refractivity contribution < 1.29 is 4.79 Å². The Balaban J connectivity index is 1.66. The van der Waals surface area contributed by atoms with Crippen LogP contribution < -0.4 is 10.5 Å². The number of piperidine rings is 1. The molecule has 36 heavy (non-hydrogen) atoms. The van der Waals surface area contributed by atoms with Crippen molar-refractivity contribution in [2.24, 2.45) is 13.0 Å². The second kappa shape index (κ2) is 11.4. The third-order valence-electron chi connectivity index (χ3n) is 7.13. The summed E-state index contributed by atoms with van der Waals surface area (Å²) in [5.74, 6) is 1.25. The van der Waals surface area contributed by atoms with Crippen LogP contribution in [0.25, 0.3) is 6.08 Å². The van der Waals surface area contributed by atoms with Crippen LogP contribution in [0.1, 0.15) is 54.9 Å². The summed E-state index contributed by atoms with van der Waals surface area (Å²) in [6.07, 6.45) is 6.78. The summed E-state index contributed by atoms with van der Waals surface area (Å²) < 4.78 is 2.14. The van der Waals surface area contributed by atoms with E-state index < -0.39 is 0 Å². The number of pyridine rings is 1. The lowest BCUT2D eigenvalue weighted by Gasteiger charge is -2.36. The van der Waals surface area contributed by atoms with E-state index in [1.165, 1.54) is 17.3 Å². The number of hydrogen-bond acceptors (Lipinski definition) is 6. The quantitative estimate of drug-likeness (QED) is 0.377. The highest BCUT2D eigenvalue weighted by Gasteiger charge is 2.33. The Morgan fingerprint density at radius 2 is 1.89 bits per heavy atom. The Hall–Kier alpha value is -2.89. The van der Waals surface area contributed by atoms with Crippen LogP contribution >= 0.6 is 24.0 Å². The number of hydrogen-bond donors (Lipinski definition) is 0. The average Bonchev–Trinajstić information content (AvgIpc) is 3.15. The van der Waals surface area contributed by atoms with Crippen molar-refractivity contribution in [2.45, 2.75) is 46.0 Å². The molecule has 2 aliphatic heterocycles. The minimum atomic E-state index is -0.302. The molecule has 1 amide bonds. The maximum absolute atomic E-state index is 13.2. The predicted molar refractivity (Wildman–Crippen MR) is 151 cm³/mol. The molecule has 3 heterocycles. The normalized spacial score (nSPS) is 17.8. The number of nitrogens with zero attached hydrogens (tertiary/aromatic N) is 4. The first-order valence-electron chi connectivity index (χ1n) is 12.5. The van der Waals surface area contributed by atoms with Gasteiger partial charge in [0.25, 0.3) is 11.5 Å². The van der Waals surface area contributed by atoms with E-state index in [4.69, 9.17) is 12.2 Å². The lowest BCUT2D eigenvalue weighted by molar-refractivity contribution is -0.122. The van der Waals surface area contributed by atoms with E-state index >= 15 is 0 Å². The first-order valence-corrected chi connectivity index (χ1v) is 13.8. The molecule has 4 rings (SSSR count). The van der Waals surface area contributed by atoms with E-state index in [0.717, 1.165) is 56.6 Å². The van der Waals surface area contributed by atoms with E-state index in [2.05, 4.69) is 42.2 Å². The van der Waals surface area contributed by atoms with Crippen molar-refractivity contribution in [3.05, 3.63) is 67.8 Å². The maximum Gasteiger partial charge on any atom is 0.270 e. The summed E-state index contributed by atoms with van der Waals surface area (Å²) in [6.45, 7) is 6.12. The van der Waals surface area contributed by atoms with Gasteiger partial charge in [-0.15, -0.1) is 0 Å². The van der Waals surface area contributed by atoms with E-state index in [9.17, 15) is 14.9 Å². The smallest absolute Gasteiger partial charge is 0.270 e. The zero-order valence-electron chi connectivity index (χ0n) is 21.1. The van der Waals surface area contributed by atoms with Gasteiger partial charge in [0.05, 0.1) is 4.91 Å². The minimum absolute atomic E-state index is 0.0993. The van der Waals surface area contributed by atoms with E-state index in [-0.39, 0.29) is 17.0 Å². The van der Waals surface area contributed by atoms with Gasteiger partial charge in [-0.25, -0.2) is 0 Å². The van der Waals surface area contributed by atoms with Crippen LogP contribution in [0.5, 0.6) is 0 Å². The molecule has 0 atom stereocenters. The Kier molecular flexibility index (Phi) is 8.32. The SMILES string of the molecule is CCCCN1C(=O)C(=Cc2c(C)c(C#N)c(=O)n(C)c2N2CCC(Cc3ccccc3)CC2)SC1=S. The van der Waals surface area contributed by atoms with Gasteiger partial charge in [-0.2, -0.15) is 5.26 Å². The third kappa shape index (κ3) is 5.28. The number of thioether (sulfide) groups is 1. The molecule has 2 aliphatic rings. The number of unbranched alkanes of at least 4 members (excludes halogenated alkanes) is 1. The summed E-state index contributed by atoms with van der Waals surface area (Å²) in [5.41, 5.74) is 2.53. The standard InChI is InChI=1S/C28H32N4O2S2/c1-4-5-13-32-27(34)24(36-28(32)35)17-22-19(2)23(18-29)26(33)30(3)25(22)31-14-11-21(12-15-31)16-20-9-7-6-8-10-20/h6-10,17,21H,4-5,11-16H2,1-3H3. The van der Waals surface area contributed by atoms with Gasteiger partial charge in [0.1, 0.15) is 21.8 Å². The number of anilines is 1. The molecule has 0 unspecified atom stereocenters. The molecule has 188 valence electrons. The molecule has 2 fully saturated rings. The summed E-state index contributed by atoms with van der Waals surface area (Å²) >= 11 is 6.78. The molecule has 1 aromatic carbocycles. The maximum atomic E-state index is 13.2. The van der Waals surface area contributed by atoms with Crippen LogP contribution in [0.15, 0.2) is 40.0 Å². The fourth-order valence-electron chi connectivity index (χ4n) is 5.03.